The Balaban J connectivity index is 3.55. The van der Waals surface area contributed by atoms with Gasteiger partial charge in [-0.05, 0) is 19.1 Å². The van der Waals surface area contributed by atoms with Crippen molar-refractivity contribution < 1.29 is 13.3 Å². The van der Waals surface area contributed by atoms with E-state index in [1.165, 1.54) is 32.3 Å². The van der Waals surface area contributed by atoms with Gasteiger partial charge in [0.25, 0.3) is 0 Å². The number of hydrogen-bond donors (Lipinski definition) is 1. The Morgan fingerprint density at radius 1 is 1.39 bits per heavy atom. The lowest BCUT2D eigenvalue weighted by Crippen LogP contribution is -2.23. The lowest BCUT2D eigenvalue weighted by Gasteiger charge is -2.13. The molecular weight excluding hydrogens is 258 g/mol. The summed E-state index contributed by atoms with van der Waals surface area (Å²) < 4.78 is 25.0. The molecule has 18 heavy (non-hydrogen) atoms. The normalized spacial score (nSPS) is 11.6. The van der Waals surface area contributed by atoms with Gasteiger partial charge in [-0.15, -0.1) is 0 Å². The average molecular weight is 273 g/mol. The molecule has 0 fully saturated rings. The topological polar surface area (TPSA) is 92.6 Å². The molecule has 0 unspecified atom stereocenters. The van der Waals surface area contributed by atoms with Crippen LogP contribution in [0.5, 0.6) is 0 Å². The first kappa shape index (κ1) is 14.4. The van der Waals surface area contributed by atoms with Crippen LogP contribution in [0.25, 0.3) is 0 Å². The number of rotatable bonds is 5. The zero-order valence-corrected chi connectivity index (χ0v) is 11.2. The zero-order valence-electron chi connectivity index (χ0n) is 10.4. The maximum absolute atomic E-state index is 12.0. The maximum Gasteiger partial charge on any atom is 0.312 e. The van der Waals surface area contributed by atoms with Gasteiger partial charge in [-0.2, -0.15) is 0 Å². The third kappa shape index (κ3) is 2.59. The third-order valence-corrected chi connectivity index (χ3v) is 4.15. The van der Waals surface area contributed by atoms with Gasteiger partial charge in [0, 0.05) is 20.6 Å². The third-order valence-electron chi connectivity index (χ3n) is 2.31. The second kappa shape index (κ2) is 5.32. The monoisotopic (exact) mass is 273 g/mol. The summed E-state index contributed by atoms with van der Waals surface area (Å²) >= 11 is 0. The van der Waals surface area contributed by atoms with Gasteiger partial charge in [0.05, 0.1) is 4.92 Å². The van der Waals surface area contributed by atoms with Crippen LogP contribution in [-0.2, 0) is 10.0 Å². The van der Waals surface area contributed by atoms with Crippen molar-refractivity contribution in [3.63, 3.8) is 0 Å². The van der Waals surface area contributed by atoms with E-state index in [-0.39, 0.29) is 10.6 Å². The van der Waals surface area contributed by atoms with E-state index >= 15 is 0 Å². The molecule has 0 aliphatic heterocycles. The first-order chi connectivity index (χ1) is 8.32. The van der Waals surface area contributed by atoms with Crippen molar-refractivity contribution in [2.24, 2.45) is 0 Å². The predicted molar refractivity (Wildman–Crippen MR) is 68.1 cm³/mol. The molecule has 0 amide bonds. The van der Waals surface area contributed by atoms with Crippen molar-refractivity contribution in [3.05, 3.63) is 28.3 Å². The number of benzene rings is 1. The van der Waals surface area contributed by atoms with Crippen molar-refractivity contribution in [2.75, 3.05) is 26.0 Å². The second-order valence-electron chi connectivity index (χ2n) is 3.73. The predicted octanol–water partition coefficient (Wildman–Crippen LogP) is 1.28. The second-order valence-corrected chi connectivity index (χ2v) is 5.85. The van der Waals surface area contributed by atoms with E-state index in [4.69, 9.17) is 0 Å². The summed E-state index contributed by atoms with van der Waals surface area (Å²) in [6.45, 7) is 2.24. The quantitative estimate of drug-likeness (QED) is 0.644. The highest BCUT2D eigenvalue weighted by Crippen LogP contribution is 2.32. The Bertz CT molecular complexity index is 554. The van der Waals surface area contributed by atoms with E-state index in [9.17, 15) is 18.5 Å². The Labute approximate surface area is 106 Å². The highest BCUT2D eigenvalue weighted by Gasteiger charge is 2.30. The summed E-state index contributed by atoms with van der Waals surface area (Å²) in [6.07, 6.45) is 0. The Hall–Kier alpha value is -1.67. The van der Waals surface area contributed by atoms with Crippen LogP contribution in [-0.4, -0.2) is 38.3 Å². The summed E-state index contributed by atoms with van der Waals surface area (Å²) in [5.74, 6) is 0. The SMILES string of the molecule is CCNc1cccc(S(=O)(=O)N(C)C)c1[N+](=O)[O-]. The van der Waals surface area contributed by atoms with E-state index in [1.807, 2.05) is 0 Å². The van der Waals surface area contributed by atoms with Gasteiger partial charge >= 0.3 is 5.69 Å². The first-order valence-corrected chi connectivity index (χ1v) is 6.70. The molecule has 0 aliphatic carbocycles. The molecule has 100 valence electrons. The number of anilines is 1. The molecule has 1 aromatic rings. The van der Waals surface area contributed by atoms with Gasteiger partial charge in [-0.1, -0.05) is 6.07 Å². The van der Waals surface area contributed by atoms with Crippen molar-refractivity contribution in [1.29, 1.82) is 0 Å². The number of nitro benzene ring substituents is 1. The van der Waals surface area contributed by atoms with Gasteiger partial charge in [-0.25, -0.2) is 12.7 Å². The lowest BCUT2D eigenvalue weighted by atomic mass is 10.2. The van der Waals surface area contributed by atoms with E-state index in [0.29, 0.717) is 6.54 Å². The molecule has 0 aliphatic rings. The van der Waals surface area contributed by atoms with Gasteiger partial charge in [0.1, 0.15) is 5.69 Å². The standard InChI is InChI=1S/C10H15N3O4S/c1-4-11-8-6-5-7-9(10(8)13(14)15)18(16,17)12(2)3/h5-7,11H,4H2,1-3H3. The van der Waals surface area contributed by atoms with Crippen LogP contribution in [0.4, 0.5) is 11.4 Å². The van der Waals surface area contributed by atoms with E-state index < -0.39 is 20.6 Å². The van der Waals surface area contributed by atoms with Crippen molar-refractivity contribution >= 4 is 21.4 Å². The molecule has 8 heteroatoms. The van der Waals surface area contributed by atoms with Crippen LogP contribution in [0.1, 0.15) is 6.92 Å². The molecule has 0 spiro atoms. The van der Waals surface area contributed by atoms with Gasteiger partial charge in [-0.3, -0.25) is 10.1 Å². The fraction of sp³-hybridized carbons (Fsp3) is 0.400. The minimum atomic E-state index is -3.84. The molecule has 1 N–H and O–H groups in total. The highest BCUT2D eigenvalue weighted by atomic mass is 32.2. The fourth-order valence-electron chi connectivity index (χ4n) is 1.45. The largest absolute Gasteiger partial charge is 0.380 e. The fourth-order valence-corrected chi connectivity index (χ4v) is 2.52. The molecule has 1 rings (SSSR count). The number of nitro groups is 1. The van der Waals surface area contributed by atoms with Crippen LogP contribution in [0.2, 0.25) is 0 Å². The van der Waals surface area contributed by atoms with Crippen LogP contribution < -0.4 is 5.32 Å². The number of nitrogens with zero attached hydrogens (tertiary/aromatic N) is 2. The highest BCUT2D eigenvalue weighted by molar-refractivity contribution is 7.89. The number of hydrogen-bond acceptors (Lipinski definition) is 5. The van der Waals surface area contributed by atoms with Crippen LogP contribution in [0.3, 0.4) is 0 Å². The molecule has 0 saturated heterocycles. The van der Waals surface area contributed by atoms with Crippen molar-refractivity contribution in [2.45, 2.75) is 11.8 Å². The molecular formula is C10H15N3O4S. The summed E-state index contributed by atoms with van der Waals surface area (Å²) in [5.41, 5.74) is -0.224. The van der Waals surface area contributed by atoms with E-state index in [0.717, 1.165) is 4.31 Å². The number of nitrogens with one attached hydrogen (secondary N) is 1. The average Bonchev–Trinajstić information content (AvgIpc) is 2.28. The summed E-state index contributed by atoms with van der Waals surface area (Å²) in [5, 5.41) is 13.9. The summed E-state index contributed by atoms with van der Waals surface area (Å²) in [6, 6.07) is 4.19. The number of para-hydroxylation sites is 1. The zero-order chi connectivity index (χ0) is 13.9. The molecule has 0 radical (unpaired) electrons. The Kier molecular flexibility index (Phi) is 4.25. The van der Waals surface area contributed by atoms with E-state index in [2.05, 4.69) is 5.32 Å². The van der Waals surface area contributed by atoms with Gasteiger partial charge < -0.3 is 5.32 Å². The first-order valence-electron chi connectivity index (χ1n) is 5.26. The Morgan fingerprint density at radius 2 is 2.00 bits per heavy atom. The molecule has 0 heterocycles. The van der Waals surface area contributed by atoms with Crippen LogP contribution >= 0.6 is 0 Å². The molecule has 0 bridgehead atoms. The van der Waals surface area contributed by atoms with Crippen molar-refractivity contribution in [1.82, 2.24) is 4.31 Å². The van der Waals surface area contributed by atoms with Crippen molar-refractivity contribution in [3.8, 4) is 0 Å². The van der Waals surface area contributed by atoms with Gasteiger partial charge in [0.2, 0.25) is 10.0 Å². The molecule has 0 atom stereocenters. The minimum absolute atomic E-state index is 0.199. The lowest BCUT2D eigenvalue weighted by molar-refractivity contribution is -0.386. The van der Waals surface area contributed by atoms with E-state index in [1.54, 1.807) is 6.92 Å². The summed E-state index contributed by atoms with van der Waals surface area (Å²) in [4.78, 5) is 10.1. The summed E-state index contributed by atoms with van der Waals surface area (Å²) in [7, 11) is -1.18. The number of sulfonamides is 1. The smallest absolute Gasteiger partial charge is 0.312 e. The molecule has 0 saturated carbocycles. The Morgan fingerprint density at radius 3 is 2.44 bits per heavy atom. The molecule has 0 aromatic heterocycles. The van der Waals surface area contributed by atoms with Gasteiger partial charge in [0.15, 0.2) is 4.90 Å². The van der Waals surface area contributed by atoms with Crippen LogP contribution in [0, 0.1) is 10.1 Å². The minimum Gasteiger partial charge on any atom is -0.380 e. The molecule has 1 aromatic carbocycles. The van der Waals surface area contributed by atoms with Crippen LogP contribution in [0.15, 0.2) is 23.1 Å². The maximum atomic E-state index is 12.0. The molecule has 7 nitrogen and oxygen atoms in total.